The van der Waals surface area contributed by atoms with E-state index < -0.39 is 0 Å². The third kappa shape index (κ3) is 4.96. The van der Waals surface area contributed by atoms with Gasteiger partial charge in [0.05, 0.1) is 6.61 Å². The van der Waals surface area contributed by atoms with Crippen LogP contribution in [-0.4, -0.2) is 25.0 Å². The predicted molar refractivity (Wildman–Crippen MR) is 60.8 cm³/mol. The predicted octanol–water partition coefficient (Wildman–Crippen LogP) is 1.56. The Morgan fingerprint density at radius 2 is 2.25 bits per heavy atom. The van der Waals surface area contributed by atoms with E-state index in [1.807, 2.05) is 0 Å². The molecule has 0 aromatic carbocycles. The topological polar surface area (TPSA) is 55.4 Å². The zero-order chi connectivity index (χ0) is 11.8. The van der Waals surface area contributed by atoms with Crippen LogP contribution in [0.4, 0.5) is 0 Å². The van der Waals surface area contributed by atoms with Crippen LogP contribution in [0.2, 0.25) is 0 Å². The van der Waals surface area contributed by atoms with Gasteiger partial charge < -0.3 is 10.1 Å². The highest BCUT2D eigenvalue weighted by molar-refractivity contribution is 5.83. The van der Waals surface area contributed by atoms with Crippen LogP contribution >= 0.6 is 0 Å². The molecule has 0 fully saturated rings. The highest BCUT2D eigenvalue weighted by Crippen LogP contribution is 2.19. The Kier molecular flexibility index (Phi) is 5.61. The minimum atomic E-state index is -0.381. The molecule has 1 amide bonds. The van der Waals surface area contributed by atoms with Crippen LogP contribution < -0.4 is 5.32 Å². The maximum atomic E-state index is 11.5. The van der Waals surface area contributed by atoms with Gasteiger partial charge in [-0.05, 0) is 32.6 Å². The lowest BCUT2D eigenvalue weighted by atomic mass is 9.97. The van der Waals surface area contributed by atoms with E-state index in [-0.39, 0.29) is 18.4 Å². The Morgan fingerprint density at radius 1 is 1.44 bits per heavy atom. The Hall–Kier alpha value is -1.32. The van der Waals surface area contributed by atoms with E-state index in [1.54, 1.807) is 6.92 Å². The minimum absolute atomic E-state index is 0.0278. The largest absolute Gasteiger partial charge is 0.465 e. The van der Waals surface area contributed by atoms with Crippen molar-refractivity contribution in [3.63, 3.8) is 0 Å². The fourth-order valence-corrected chi connectivity index (χ4v) is 1.72. The van der Waals surface area contributed by atoms with Crippen molar-refractivity contribution in [2.24, 2.45) is 0 Å². The normalized spacial score (nSPS) is 15.2. The lowest BCUT2D eigenvalue weighted by Crippen LogP contribution is -2.30. The van der Waals surface area contributed by atoms with Crippen LogP contribution in [0.15, 0.2) is 11.6 Å². The molecular weight excluding hydrogens is 206 g/mol. The average molecular weight is 225 g/mol. The van der Waals surface area contributed by atoms with Gasteiger partial charge in [-0.2, -0.15) is 0 Å². The number of hydrogen-bond donors (Lipinski definition) is 1. The molecule has 16 heavy (non-hydrogen) atoms. The number of nitrogens with one attached hydrogen (secondary N) is 1. The zero-order valence-electron chi connectivity index (χ0n) is 9.75. The second-order valence-electron chi connectivity index (χ2n) is 3.87. The second kappa shape index (κ2) is 7.04. The van der Waals surface area contributed by atoms with Gasteiger partial charge in [0.2, 0.25) is 5.91 Å². The highest BCUT2D eigenvalue weighted by atomic mass is 16.5. The van der Waals surface area contributed by atoms with Crippen molar-refractivity contribution < 1.29 is 14.3 Å². The van der Waals surface area contributed by atoms with Gasteiger partial charge >= 0.3 is 5.97 Å². The van der Waals surface area contributed by atoms with E-state index in [9.17, 15) is 9.59 Å². The molecule has 0 radical (unpaired) electrons. The summed E-state index contributed by atoms with van der Waals surface area (Å²) in [6.07, 6.45) is 7.01. The quantitative estimate of drug-likeness (QED) is 0.570. The number of rotatable bonds is 5. The molecule has 0 heterocycles. The molecule has 0 aromatic heterocycles. The van der Waals surface area contributed by atoms with Crippen molar-refractivity contribution in [1.29, 1.82) is 0 Å². The summed E-state index contributed by atoms with van der Waals surface area (Å²) in [7, 11) is 0. The summed E-state index contributed by atoms with van der Waals surface area (Å²) in [5.74, 6) is -0.477. The molecule has 4 nitrogen and oxygen atoms in total. The molecule has 0 atom stereocenters. The summed E-state index contributed by atoms with van der Waals surface area (Å²) in [5.41, 5.74) is 1.19. The maximum absolute atomic E-state index is 11.5. The van der Waals surface area contributed by atoms with Crippen molar-refractivity contribution in [2.45, 2.75) is 39.0 Å². The smallest absolute Gasteiger partial charge is 0.325 e. The Bertz CT molecular complexity index is 284. The third-order valence-corrected chi connectivity index (χ3v) is 2.51. The van der Waals surface area contributed by atoms with E-state index in [1.165, 1.54) is 12.0 Å². The van der Waals surface area contributed by atoms with Crippen LogP contribution in [0.3, 0.4) is 0 Å². The highest BCUT2D eigenvalue weighted by Gasteiger charge is 2.10. The van der Waals surface area contributed by atoms with Gasteiger partial charge in [0.1, 0.15) is 6.54 Å². The first kappa shape index (κ1) is 12.7. The van der Waals surface area contributed by atoms with Crippen molar-refractivity contribution in [2.75, 3.05) is 13.2 Å². The van der Waals surface area contributed by atoms with Gasteiger partial charge in [0.15, 0.2) is 0 Å². The minimum Gasteiger partial charge on any atom is -0.465 e. The number of amides is 1. The summed E-state index contributed by atoms with van der Waals surface area (Å²) >= 11 is 0. The Labute approximate surface area is 96.0 Å². The van der Waals surface area contributed by atoms with Gasteiger partial charge in [0.25, 0.3) is 0 Å². The number of carbonyl (C=O) groups is 2. The molecule has 0 spiro atoms. The van der Waals surface area contributed by atoms with E-state index in [4.69, 9.17) is 4.74 Å². The monoisotopic (exact) mass is 225 g/mol. The number of hydrogen-bond acceptors (Lipinski definition) is 3. The summed E-state index contributed by atoms with van der Waals surface area (Å²) in [5, 5.41) is 2.56. The van der Waals surface area contributed by atoms with Crippen molar-refractivity contribution in [3.8, 4) is 0 Å². The van der Waals surface area contributed by atoms with Gasteiger partial charge in [0, 0.05) is 6.42 Å². The summed E-state index contributed by atoms with van der Waals surface area (Å²) < 4.78 is 4.71. The number of esters is 1. The number of carbonyl (C=O) groups excluding carboxylic acids is 2. The molecule has 1 rings (SSSR count). The Morgan fingerprint density at radius 3 is 2.88 bits per heavy atom. The molecule has 0 aliphatic heterocycles. The molecular formula is C12H19NO3. The van der Waals surface area contributed by atoms with Crippen LogP contribution in [0, 0.1) is 0 Å². The van der Waals surface area contributed by atoms with E-state index in [0.29, 0.717) is 13.0 Å². The summed E-state index contributed by atoms with van der Waals surface area (Å²) in [4.78, 5) is 22.4. The molecule has 4 heteroatoms. The fourth-order valence-electron chi connectivity index (χ4n) is 1.72. The van der Waals surface area contributed by atoms with Crippen LogP contribution in [0.25, 0.3) is 0 Å². The molecule has 0 saturated heterocycles. The van der Waals surface area contributed by atoms with Crippen molar-refractivity contribution in [3.05, 3.63) is 11.6 Å². The summed E-state index contributed by atoms with van der Waals surface area (Å²) in [6.45, 7) is 2.06. The Balaban J connectivity index is 2.20. The molecule has 0 aromatic rings. The van der Waals surface area contributed by atoms with Gasteiger partial charge in [-0.3, -0.25) is 9.59 Å². The third-order valence-electron chi connectivity index (χ3n) is 2.51. The molecule has 1 aliphatic carbocycles. The SMILES string of the molecule is CCOC(=O)CNC(=O)CC1=CCCCC1. The summed E-state index contributed by atoms with van der Waals surface area (Å²) in [6, 6.07) is 0. The second-order valence-corrected chi connectivity index (χ2v) is 3.87. The fraction of sp³-hybridized carbons (Fsp3) is 0.667. The number of allylic oxidation sites excluding steroid dienone is 1. The maximum Gasteiger partial charge on any atom is 0.325 e. The van der Waals surface area contributed by atoms with Crippen LogP contribution in [-0.2, 0) is 14.3 Å². The van der Waals surface area contributed by atoms with Gasteiger partial charge in [-0.25, -0.2) is 0 Å². The van der Waals surface area contributed by atoms with E-state index in [2.05, 4.69) is 11.4 Å². The van der Waals surface area contributed by atoms with E-state index >= 15 is 0 Å². The lowest BCUT2D eigenvalue weighted by molar-refractivity contribution is -0.143. The molecule has 0 unspecified atom stereocenters. The van der Waals surface area contributed by atoms with Gasteiger partial charge in [-0.1, -0.05) is 11.6 Å². The molecule has 1 N–H and O–H groups in total. The zero-order valence-corrected chi connectivity index (χ0v) is 9.75. The van der Waals surface area contributed by atoms with E-state index in [0.717, 1.165) is 19.3 Å². The lowest BCUT2D eigenvalue weighted by Gasteiger charge is -2.12. The van der Waals surface area contributed by atoms with Crippen LogP contribution in [0.1, 0.15) is 39.0 Å². The average Bonchev–Trinajstić information content (AvgIpc) is 2.28. The molecule has 90 valence electrons. The van der Waals surface area contributed by atoms with Crippen molar-refractivity contribution in [1.82, 2.24) is 5.32 Å². The molecule has 0 saturated carbocycles. The van der Waals surface area contributed by atoms with Crippen LogP contribution in [0.5, 0.6) is 0 Å². The first-order chi connectivity index (χ1) is 7.72. The molecule has 1 aliphatic rings. The first-order valence-electron chi connectivity index (χ1n) is 5.82. The molecule has 0 bridgehead atoms. The van der Waals surface area contributed by atoms with Gasteiger partial charge in [-0.15, -0.1) is 0 Å². The van der Waals surface area contributed by atoms with Crippen molar-refractivity contribution >= 4 is 11.9 Å². The standard InChI is InChI=1S/C12H19NO3/c1-2-16-12(15)9-13-11(14)8-10-6-4-3-5-7-10/h6H,2-5,7-9H2,1H3,(H,13,14). The number of ether oxygens (including phenoxy) is 1. The first-order valence-corrected chi connectivity index (χ1v) is 5.82.